The SMILES string of the molecule is CCOC(=O)c1ccc(NC(=S)Nc2ccc(N(CC)CCO)cc2)cc1. The van der Waals surface area contributed by atoms with Crippen molar-refractivity contribution in [2.24, 2.45) is 0 Å². The molecule has 0 saturated heterocycles. The lowest BCUT2D eigenvalue weighted by atomic mass is 10.2. The Bertz CT molecular complexity index is 748. The highest BCUT2D eigenvalue weighted by Gasteiger charge is 2.07. The number of hydrogen-bond donors (Lipinski definition) is 3. The van der Waals surface area contributed by atoms with Crippen molar-refractivity contribution >= 4 is 40.4 Å². The van der Waals surface area contributed by atoms with E-state index in [1.54, 1.807) is 31.2 Å². The number of likely N-dealkylation sites (N-methyl/N-ethyl adjacent to an activating group) is 1. The summed E-state index contributed by atoms with van der Waals surface area (Å²) in [5, 5.41) is 15.8. The van der Waals surface area contributed by atoms with Crippen LogP contribution in [0.25, 0.3) is 0 Å². The molecule has 0 saturated carbocycles. The molecule has 0 fully saturated rings. The zero-order valence-corrected chi connectivity index (χ0v) is 16.4. The Morgan fingerprint density at radius 3 is 2.07 bits per heavy atom. The van der Waals surface area contributed by atoms with Gasteiger partial charge in [-0.2, -0.15) is 0 Å². The Kier molecular flexibility index (Phi) is 8.03. The van der Waals surface area contributed by atoms with Crippen molar-refractivity contribution in [1.82, 2.24) is 0 Å². The van der Waals surface area contributed by atoms with Crippen molar-refractivity contribution in [1.29, 1.82) is 0 Å². The number of ether oxygens (including phenoxy) is 1. The van der Waals surface area contributed by atoms with Gasteiger partial charge in [0.05, 0.1) is 18.8 Å². The van der Waals surface area contributed by atoms with Crippen molar-refractivity contribution < 1.29 is 14.6 Å². The summed E-state index contributed by atoms with van der Waals surface area (Å²) in [6.45, 7) is 5.73. The molecule has 0 amide bonds. The molecular formula is C20H25N3O3S. The molecule has 0 radical (unpaired) electrons. The summed E-state index contributed by atoms with van der Waals surface area (Å²) < 4.78 is 4.96. The van der Waals surface area contributed by atoms with Crippen LogP contribution in [-0.4, -0.2) is 42.5 Å². The molecule has 0 aliphatic heterocycles. The van der Waals surface area contributed by atoms with E-state index >= 15 is 0 Å². The predicted octanol–water partition coefficient (Wildman–Crippen LogP) is 3.49. The number of aliphatic hydroxyl groups excluding tert-OH is 1. The lowest BCUT2D eigenvalue weighted by molar-refractivity contribution is 0.0526. The minimum absolute atomic E-state index is 0.122. The number of nitrogens with zero attached hydrogens (tertiary/aromatic N) is 1. The maximum absolute atomic E-state index is 11.7. The average molecular weight is 388 g/mol. The van der Waals surface area contributed by atoms with E-state index in [0.717, 1.165) is 23.6 Å². The van der Waals surface area contributed by atoms with Crippen LogP contribution in [0.3, 0.4) is 0 Å². The summed E-state index contributed by atoms with van der Waals surface area (Å²) in [5.74, 6) is -0.341. The molecule has 0 heterocycles. The lowest BCUT2D eigenvalue weighted by Gasteiger charge is -2.22. The van der Waals surface area contributed by atoms with Gasteiger partial charge >= 0.3 is 5.97 Å². The molecule has 2 rings (SSSR count). The van der Waals surface area contributed by atoms with Crippen LogP contribution in [0, 0.1) is 0 Å². The molecule has 0 aliphatic carbocycles. The largest absolute Gasteiger partial charge is 0.462 e. The smallest absolute Gasteiger partial charge is 0.338 e. The molecule has 0 atom stereocenters. The van der Waals surface area contributed by atoms with Gasteiger partial charge in [-0.25, -0.2) is 4.79 Å². The first-order valence-corrected chi connectivity index (χ1v) is 9.29. The first-order chi connectivity index (χ1) is 13.1. The monoisotopic (exact) mass is 387 g/mol. The molecule has 27 heavy (non-hydrogen) atoms. The lowest BCUT2D eigenvalue weighted by Crippen LogP contribution is -2.26. The van der Waals surface area contributed by atoms with Gasteiger partial charge < -0.3 is 25.4 Å². The summed E-state index contributed by atoms with van der Waals surface area (Å²) in [5.41, 5.74) is 3.18. The Morgan fingerprint density at radius 1 is 1.04 bits per heavy atom. The van der Waals surface area contributed by atoms with Crippen LogP contribution in [0.5, 0.6) is 0 Å². The van der Waals surface area contributed by atoms with Crippen molar-refractivity contribution in [3.05, 3.63) is 54.1 Å². The highest BCUT2D eigenvalue weighted by molar-refractivity contribution is 7.80. The van der Waals surface area contributed by atoms with Crippen LogP contribution in [0.1, 0.15) is 24.2 Å². The highest BCUT2D eigenvalue weighted by atomic mass is 32.1. The van der Waals surface area contributed by atoms with Gasteiger partial charge in [-0.3, -0.25) is 0 Å². The van der Waals surface area contributed by atoms with Gasteiger partial charge in [0.1, 0.15) is 0 Å². The fourth-order valence-corrected chi connectivity index (χ4v) is 2.78. The normalized spacial score (nSPS) is 10.2. The number of hydrogen-bond acceptors (Lipinski definition) is 5. The Labute approximate surface area is 165 Å². The van der Waals surface area contributed by atoms with Crippen molar-refractivity contribution in [2.75, 3.05) is 41.8 Å². The van der Waals surface area contributed by atoms with Crippen LogP contribution < -0.4 is 15.5 Å². The molecule has 6 nitrogen and oxygen atoms in total. The van der Waals surface area contributed by atoms with Crippen molar-refractivity contribution in [3.8, 4) is 0 Å². The number of thiocarbonyl (C=S) groups is 1. The van der Waals surface area contributed by atoms with Crippen molar-refractivity contribution in [3.63, 3.8) is 0 Å². The van der Waals surface area contributed by atoms with E-state index in [1.807, 2.05) is 31.2 Å². The van der Waals surface area contributed by atoms with Gasteiger partial charge in [-0.1, -0.05) is 0 Å². The van der Waals surface area contributed by atoms with Crippen LogP contribution in [0.15, 0.2) is 48.5 Å². The number of aliphatic hydroxyl groups is 1. The number of anilines is 3. The molecule has 0 unspecified atom stereocenters. The zero-order valence-electron chi connectivity index (χ0n) is 15.6. The summed E-state index contributed by atoms with van der Waals surface area (Å²) in [4.78, 5) is 13.7. The number of rotatable bonds is 8. The molecule has 0 aliphatic rings. The third kappa shape index (κ3) is 6.23. The Morgan fingerprint density at radius 2 is 1.59 bits per heavy atom. The molecule has 0 aromatic heterocycles. The third-order valence-corrected chi connectivity index (χ3v) is 4.10. The predicted molar refractivity (Wildman–Crippen MR) is 114 cm³/mol. The van der Waals surface area contributed by atoms with Crippen LogP contribution in [0.2, 0.25) is 0 Å². The average Bonchev–Trinajstić information content (AvgIpc) is 2.67. The number of nitrogens with one attached hydrogen (secondary N) is 2. The van der Waals surface area contributed by atoms with Gasteiger partial charge in [-0.15, -0.1) is 0 Å². The Balaban J connectivity index is 1.92. The molecule has 7 heteroatoms. The quantitative estimate of drug-likeness (QED) is 0.473. The first kappa shape index (κ1) is 20.7. The fraction of sp³-hybridized carbons (Fsp3) is 0.300. The van der Waals surface area contributed by atoms with Crippen LogP contribution in [-0.2, 0) is 4.74 Å². The maximum Gasteiger partial charge on any atom is 0.338 e. The molecule has 0 spiro atoms. The van der Waals surface area contributed by atoms with Crippen LogP contribution in [0.4, 0.5) is 17.1 Å². The van der Waals surface area contributed by atoms with Gasteiger partial charge in [0, 0.05) is 30.2 Å². The standard InChI is InChI=1S/C20H25N3O3S/c1-3-23(13-14-24)18-11-9-17(10-12-18)22-20(27)21-16-7-5-15(6-8-16)19(25)26-4-2/h5-12,24H,3-4,13-14H2,1-2H3,(H2,21,22,27). The first-order valence-electron chi connectivity index (χ1n) is 8.88. The van der Waals surface area contributed by atoms with E-state index < -0.39 is 0 Å². The van der Waals surface area contributed by atoms with Crippen molar-refractivity contribution in [2.45, 2.75) is 13.8 Å². The maximum atomic E-state index is 11.7. The van der Waals surface area contributed by atoms with E-state index in [4.69, 9.17) is 22.1 Å². The zero-order chi connectivity index (χ0) is 19.6. The molecular weight excluding hydrogens is 362 g/mol. The van der Waals surface area contributed by atoms with Gasteiger partial charge in [-0.05, 0) is 74.6 Å². The van der Waals surface area contributed by atoms with E-state index in [9.17, 15) is 4.79 Å². The summed E-state index contributed by atoms with van der Waals surface area (Å²) in [6, 6.07) is 14.8. The molecule has 2 aromatic carbocycles. The van der Waals surface area contributed by atoms with E-state index in [1.165, 1.54) is 0 Å². The summed E-state index contributed by atoms with van der Waals surface area (Å²) in [6.07, 6.45) is 0. The summed E-state index contributed by atoms with van der Waals surface area (Å²) >= 11 is 5.34. The third-order valence-electron chi connectivity index (χ3n) is 3.90. The molecule has 0 bridgehead atoms. The van der Waals surface area contributed by atoms with E-state index in [2.05, 4.69) is 15.5 Å². The molecule has 144 valence electrons. The number of carbonyl (C=O) groups excluding carboxylic acids is 1. The van der Waals surface area contributed by atoms with Gasteiger partial charge in [0.2, 0.25) is 0 Å². The number of benzene rings is 2. The summed E-state index contributed by atoms with van der Waals surface area (Å²) in [7, 11) is 0. The second-order valence-electron chi connectivity index (χ2n) is 5.73. The van der Waals surface area contributed by atoms with E-state index in [0.29, 0.717) is 23.8 Å². The second kappa shape index (κ2) is 10.5. The van der Waals surface area contributed by atoms with Gasteiger partial charge in [0.25, 0.3) is 0 Å². The Hall–Kier alpha value is -2.64. The molecule has 3 N–H and O–H groups in total. The minimum Gasteiger partial charge on any atom is -0.462 e. The number of carbonyl (C=O) groups is 1. The number of esters is 1. The van der Waals surface area contributed by atoms with Crippen LogP contribution >= 0.6 is 12.2 Å². The highest BCUT2D eigenvalue weighted by Crippen LogP contribution is 2.18. The van der Waals surface area contributed by atoms with E-state index in [-0.39, 0.29) is 12.6 Å². The topological polar surface area (TPSA) is 73.8 Å². The minimum atomic E-state index is -0.341. The van der Waals surface area contributed by atoms with Gasteiger partial charge in [0.15, 0.2) is 5.11 Å². The fourth-order valence-electron chi connectivity index (χ4n) is 2.54. The molecule has 2 aromatic rings. The second-order valence-corrected chi connectivity index (χ2v) is 6.14.